The fourth-order valence-electron chi connectivity index (χ4n) is 2.02. The highest BCUT2D eigenvalue weighted by molar-refractivity contribution is 6.32. The second-order valence-electron chi connectivity index (χ2n) is 4.65. The van der Waals surface area contributed by atoms with E-state index in [4.69, 9.17) is 22.1 Å². The number of hydrogen-bond acceptors (Lipinski definition) is 2. The Balaban J connectivity index is 1.95. The van der Waals surface area contributed by atoms with Crippen LogP contribution in [0.1, 0.15) is 31.2 Å². The lowest BCUT2D eigenvalue weighted by Gasteiger charge is -2.11. The Morgan fingerprint density at radius 3 is 2.81 bits per heavy atom. The number of methoxy groups -OCH3 is 1. The molecule has 0 amide bonds. The number of nitrogens with two attached hydrogens (primary N) is 1. The van der Waals surface area contributed by atoms with Crippen molar-refractivity contribution < 1.29 is 4.74 Å². The maximum absolute atomic E-state index is 6.06. The van der Waals surface area contributed by atoms with Gasteiger partial charge < -0.3 is 10.5 Å². The van der Waals surface area contributed by atoms with Gasteiger partial charge in [-0.1, -0.05) is 23.7 Å². The van der Waals surface area contributed by atoms with E-state index in [9.17, 15) is 0 Å². The second kappa shape index (κ2) is 4.64. The Morgan fingerprint density at radius 2 is 2.19 bits per heavy atom. The maximum atomic E-state index is 6.06. The van der Waals surface area contributed by atoms with Crippen molar-refractivity contribution in [2.45, 2.75) is 37.6 Å². The van der Waals surface area contributed by atoms with Crippen LogP contribution in [0.4, 0.5) is 0 Å². The van der Waals surface area contributed by atoms with Crippen LogP contribution in [0.15, 0.2) is 18.2 Å². The number of hydrogen-bond donors (Lipinski definition) is 1. The Labute approximate surface area is 102 Å². The third-order valence-corrected chi connectivity index (χ3v) is 3.56. The summed E-state index contributed by atoms with van der Waals surface area (Å²) in [7, 11) is 1.66. The molecule has 1 aliphatic carbocycles. The van der Waals surface area contributed by atoms with Gasteiger partial charge in [0.25, 0.3) is 0 Å². The third-order valence-electron chi connectivity index (χ3n) is 3.27. The van der Waals surface area contributed by atoms with Crippen LogP contribution >= 0.6 is 11.6 Å². The van der Waals surface area contributed by atoms with Crippen molar-refractivity contribution in [3.8, 4) is 5.75 Å². The van der Waals surface area contributed by atoms with E-state index in [1.165, 1.54) is 18.4 Å². The molecule has 1 aliphatic rings. The number of para-hydroxylation sites is 1. The summed E-state index contributed by atoms with van der Waals surface area (Å²) in [5.41, 5.74) is 7.38. The molecule has 0 radical (unpaired) electrons. The predicted octanol–water partition coefficient (Wildman–Crippen LogP) is 3.16. The lowest BCUT2D eigenvalue weighted by atomic mass is 10.0. The van der Waals surface area contributed by atoms with Crippen molar-refractivity contribution in [2.24, 2.45) is 5.73 Å². The monoisotopic (exact) mass is 239 g/mol. The summed E-state index contributed by atoms with van der Waals surface area (Å²) in [5, 5.41) is 0.689. The molecule has 2 nitrogen and oxygen atoms in total. The third kappa shape index (κ3) is 2.69. The molecule has 1 saturated carbocycles. The van der Waals surface area contributed by atoms with E-state index >= 15 is 0 Å². The molecule has 0 aliphatic heterocycles. The standard InChI is InChI=1S/C13H18ClNO/c1-16-12-10(4-2-6-11(12)14)5-3-7-13(15)8-9-13/h2,4,6H,3,5,7-9,15H2,1H3. The zero-order chi connectivity index (χ0) is 11.6. The Morgan fingerprint density at radius 1 is 1.44 bits per heavy atom. The molecule has 0 spiro atoms. The first-order valence-corrected chi connectivity index (χ1v) is 6.13. The van der Waals surface area contributed by atoms with Gasteiger partial charge in [0.15, 0.2) is 0 Å². The van der Waals surface area contributed by atoms with Crippen LogP contribution in [0.3, 0.4) is 0 Å². The zero-order valence-corrected chi connectivity index (χ0v) is 10.4. The van der Waals surface area contributed by atoms with Crippen molar-refractivity contribution in [3.05, 3.63) is 28.8 Å². The van der Waals surface area contributed by atoms with Crippen molar-refractivity contribution in [3.63, 3.8) is 0 Å². The molecule has 3 heteroatoms. The largest absolute Gasteiger partial charge is 0.495 e. The molecule has 0 aromatic heterocycles. The maximum Gasteiger partial charge on any atom is 0.140 e. The second-order valence-corrected chi connectivity index (χ2v) is 5.06. The van der Waals surface area contributed by atoms with Gasteiger partial charge in [0.1, 0.15) is 5.75 Å². The first-order valence-electron chi connectivity index (χ1n) is 5.75. The molecule has 0 heterocycles. The Bertz CT molecular complexity index is 374. The lowest BCUT2D eigenvalue weighted by Crippen LogP contribution is -2.21. The van der Waals surface area contributed by atoms with Crippen LogP contribution in [0, 0.1) is 0 Å². The summed E-state index contributed by atoms with van der Waals surface area (Å²) in [4.78, 5) is 0. The van der Waals surface area contributed by atoms with E-state index < -0.39 is 0 Å². The van der Waals surface area contributed by atoms with E-state index in [1.54, 1.807) is 7.11 Å². The van der Waals surface area contributed by atoms with Gasteiger partial charge in [0, 0.05) is 5.54 Å². The molecular weight excluding hydrogens is 222 g/mol. The molecule has 2 rings (SSSR count). The van der Waals surface area contributed by atoms with Gasteiger partial charge in [0.05, 0.1) is 12.1 Å². The van der Waals surface area contributed by atoms with E-state index in [0.717, 1.165) is 25.0 Å². The molecule has 16 heavy (non-hydrogen) atoms. The number of aryl methyl sites for hydroxylation is 1. The van der Waals surface area contributed by atoms with Crippen LogP contribution in [0.5, 0.6) is 5.75 Å². The molecule has 88 valence electrons. The average molecular weight is 240 g/mol. The Kier molecular flexibility index (Phi) is 3.41. The van der Waals surface area contributed by atoms with Gasteiger partial charge >= 0.3 is 0 Å². The molecule has 0 atom stereocenters. The Hall–Kier alpha value is -0.730. The van der Waals surface area contributed by atoms with Crippen LogP contribution in [0.25, 0.3) is 0 Å². The highest BCUT2D eigenvalue weighted by Crippen LogP contribution is 2.37. The van der Waals surface area contributed by atoms with Gasteiger partial charge in [0.2, 0.25) is 0 Å². The zero-order valence-electron chi connectivity index (χ0n) is 9.63. The van der Waals surface area contributed by atoms with E-state index in [-0.39, 0.29) is 5.54 Å². The fourth-order valence-corrected chi connectivity index (χ4v) is 2.29. The summed E-state index contributed by atoms with van der Waals surface area (Å²) >= 11 is 6.06. The number of halogens is 1. The number of rotatable bonds is 5. The number of ether oxygens (including phenoxy) is 1. The van der Waals surface area contributed by atoms with E-state index in [0.29, 0.717) is 5.02 Å². The van der Waals surface area contributed by atoms with Crippen LogP contribution in [-0.2, 0) is 6.42 Å². The molecule has 1 fully saturated rings. The lowest BCUT2D eigenvalue weighted by molar-refractivity contribution is 0.408. The summed E-state index contributed by atoms with van der Waals surface area (Å²) in [5.74, 6) is 0.811. The predicted molar refractivity (Wildman–Crippen MR) is 67.1 cm³/mol. The SMILES string of the molecule is COc1c(Cl)cccc1CCCC1(N)CC1. The topological polar surface area (TPSA) is 35.2 Å². The quantitative estimate of drug-likeness (QED) is 0.857. The van der Waals surface area contributed by atoms with Gasteiger partial charge in [-0.05, 0) is 43.7 Å². The summed E-state index contributed by atoms with van der Waals surface area (Å²) in [6.07, 6.45) is 5.55. The molecule has 0 bridgehead atoms. The minimum Gasteiger partial charge on any atom is -0.495 e. The first kappa shape index (κ1) is 11.7. The van der Waals surface area contributed by atoms with Crippen molar-refractivity contribution in [2.75, 3.05) is 7.11 Å². The normalized spacial score (nSPS) is 17.2. The summed E-state index contributed by atoms with van der Waals surface area (Å²) < 4.78 is 5.31. The van der Waals surface area contributed by atoms with Crippen LogP contribution in [0.2, 0.25) is 5.02 Å². The smallest absolute Gasteiger partial charge is 0.140 e. The minimum atomic E-state index is 0.145. The fraction of sp³-hybridized carbons (Fsp3) is 0.538. The molecular formula is C13H18ClNO. The molecule has 1 aromatic carbocycles. The van der Waals surface area contributed by atoms with E-state index in [1.807, 2.05) is 12.1 Å². The van der Waals surface area contributed by atoms with Crippen LogP contribution < -0.4 is 10.5 Å². The van der Waals surface area contributed by atoms with Crippen molar-refractivity contribution in [1.82, 2.24) is 0 Å². The molecule has 0 unspecified atom stereocenters. The molecule has 0 saturated heterocycles. The highest BCUT2D eigenvalue weighted by Gasteiger charge is 2.37. The van der Waals surface area contributed by atoms with Crippen molar-refractivity contribution >= 4 is 11.6 Å². The average Bonchev–Trinajstić information content (AvgIpc) is 2.97. The van der Waals surface area contributed by atoms with Crippen molar-refractivity contribution in [1.29, 1.82) is 0 Å². The van der Waals surface area contributed by atoms with Crippen LogP contribution in [-0.4, -0.2) is 12.6 Å². The minimum absolute atomic E-state index is 0.145. The molecule has 2 N–H and O–H groups in total. The highest BCUT2D eigenvalue weighted by atomic mass is 35.5. The van der Waals surface area contributed by atoms with Gasteiger partial charge in [-0.2, -0.15) is 0 Å². The van der Waals surface area contributed by atoms with Gasteiger partial charge in [-0.15, -0.1) is 0 Å². The summed E-state index contributed by atoms with van der Waals surface area (Å²) in [6.45, 7) is 0. The van der Waals surface area contributed by atoms with Gasteiger partial charge in [-0.25, -0.2) is 0 Å². The summed E-state index contributed by atoms with van der Waals surface area (Å²) in [6, 6.07) is 5.89. The van der Waals surface area contributed by atoms with E-state index in [2.05, 4.69) is 6.07 Å². The molecule has 1 aromatic rings. The number of benzene rings is 1. The first-order chi connectivity index (χ1) is 7.64. The van der Waals surface area contributed by atoms with Gasteiger partial charge in [-0.3, -0.25) is 0 Å².